The molecular formula is C14H12FN3O5. The number of rotatable bonds is 4. The summed E-state index contributed by atoms with van der Waals surface area (Å²) in [6.07, 6.45) is 0.858. The van der Waals surface area contributed by atoms with Gasteiger partial charge in [0.15, 0.2) is 5.69 Å². The molecule has 0 saturated heterocycles. The van der Waals surface area contributed by atoms with E-state index in [1.807, 2.05) is 5.32 Å². The van der Waals surface area contributed by atoms with Crippen LogP contribution < -0.4 is 5.32 Å². The van der Waals surface area contributed by atoms with Crippen LogP contribution in [0, 0.1) is 12.7 Å². The van der Waals surface area contributed by atoms with Gasteiger partial charge >= 0.3 is 5.97 Å². The van der Waals surface area contributed by atoms with Crippen molar-refractivity contribution in [2.75, 3.05) is 0 Å². The Morgan fingerprint density at radius 3 is 2.43 bits per heavy atom. The minimum absolute atomic E-state index is 0.152. The fourth-order valence-electron chi connectivity index (χ4n) is 1.75. The van der Waals surface area contributed by atoms with E-state index in [0.717, 1.165) is 30.6 Å². The first-order valence-electron chi connectivity index (χ1n) is 6.30. The van der Waals surface area contributed by atoms with Crippen molar-refractivity contribution in [3.05, 3.63) is 58.9 Å². The summed E-state index contributed by atoms with van der Waals surface area (Å²) in [5.74, 6) is -5.74. The number of carbonyl (C=O) groups excluding carboxylic acids is 1. The molecule has 0 saturated carbocycles. The van der Waals surface area contributed by atoms with Gasteiger partial charge in [-0.3, -0.25) is 10.1 Å². The number of nitrogens with zero attached hydrogens (tertiary/aromatic N) is 2. The molecule has 0 aliphatic carbocycles. The van der Waals surface area contributed by atoms with Crippen LogP contribution in [-0.4, -0.2) is 37.2 Å². The Bertz CT molecular complexity index is 779. The van der Waals surface area contributed by atoms with E-state index in [4.69, 9.17) is 5.11 Å². The fraction of sp³-hybridized carbons (Fsp3) is 0.143. The van der Waals surface area contributed by atoms with E-state index < -0.39 is 29.3 Å². The molecule has 9 heteroatoms. The van der Waals surface area contributed by atoms with E-state index >= 15 is 0 Å². The third kappa shape index (κ3) is 3.65. The molecule has 2 aromatic rings. The number of amides is 1. The zero-order valence-corrected chi connectivity index (χ0v) is 11.8. The van der Waals surface area contributed by atoms with Crippen molar-refractivity contribution in [3.8, 4) is 0 Å². The molecule has 8 nitrogen and oxygen atoms in total. The van der Waals surface area contributed by atoms with Gasteiger partial charge in [0, 0.05) is 11.6 Å². The van der Waals surface area contributed by atoms with E-state index in [0.29, 0.717) is 0 Å². The van der Waals surface area contributed by atoms with Crippen molar-refractivity contribution in [3.63, 3.8) is 0 Å². The number of carbonyl (C=O) groups is 2. The average Bonchev–Trinajstić information content (AvgIpc) is 2.49. The molecule has 120 valence electrons. The first-order valence-corrected chi connectivity index (χ1v) is 6.30. The van der Waals surface area contributed by atoms with Crippen LogP contribution >= 0.6 is 0 Å². The van der Waals surface area contributed by atoms with Crippen LogP contribution in [0.4, 0.5) is 4.39 Å². The Morgan fingerprint density at radius 2 is 1.83 bits per heavy atom. The number of carboxylic acid groups (broad SMARTS) is 1. The Morgan fingerprint density at radius 1 is 1.17 bits per heavy atom. The summed E-state index contributed by atoms with van der Waals surface area (Å²) in [6, 6.07) is 4.14. The second kappa shape index (κ2) is 6.07. The molecule has 1 aromatic carbocycles. The molecule has 0 aliphatic heterocycles. The summed E-state index contributed by atoms with van der Waals surface area (Å²) in [7, 11) is 0. The van der Waals surface area contributed by atoms with Crippen LogP contribution in [0.15, 0.2) is 30.6 Å². The number of aromatic nitrogens is 2. The maximum absolute atomic E-state index is 13.2. The van der Waals surface area contributed by atoms with Crippen molar-refractivity contribution in [1.82, 2.24) is 15.3 Å². The maximum Gasteiger partial charge on any atom is 0.354 e. The first kappa shape index (κ1) is 16.5. The molecule has 0 spiro atoms. The molecule has 1 amide bonds. The van der Waals surface area contributed by atoms with E-state index in [2.05, 4.69) is 9.97 Å². The van der Waals surface area contributed by atoms with Gasteiger partial charge in [0.1, 0.15) is 17.8 Å². The Hall–Kier alpha value is -2.91. The van der Waals surface area contributed by atoms with Gasteiger partial charge < -0.3 is 15.3 Å². The number of carboxylic acids is 1. The molecule has 0 radical (unpaired) electrons. The lowest BCUT2D eigenvalue weighted by atomic mass is 10.1. The van der Waals surface area contributed by atoms with Gasteiger partial charge in [0.25, 0.3) is 11.8 Å². The minimum atomic E-state index is -2.79. The number of nitrogens with one attached hydrogen (secondary N) is 1. The average molecular weight is 321 g/mol. The number of hydrogen-bond acceptors (Lipinski definition) is 6. The highest BCUT2D eigenvalue weighted by atomic mass is 19.1. The summed E-state index contributed by atoms with van der Waals surface area (Å²) in [5.41, 5.74) is -0.815. The summed E-state index contributed by atoms with van der Waals surface area (Å²) in [6.45, 7) is 1.42. The monoisotopic (exact) mass is 321 g/mol. The SMILES string of the molecule is Cc1cc(C(O)(O)NC(=O)c2cc(C(=O)O)ncn2)ccc1F. The van der Waals surface area contributed by atoms with Crippen LogP contribution in [0.2, 0.25) is 0 Å². The topological polar surface area (TPSA) is 133 Å². The van der Waals surface area contributed by atoms with Gasteiger partial charge in [0.2, 0.25) is 0 Å². The lowest BCUT2D eigenvalue weighted by Crippen LogP contribution is -2.46. The number of aliphatic hydroxyl groups is 2. The number of aryl methyl sites for hydroxylation is 1. The molecule has 1 heterocycles. The number of halogens is 1. The molecule has 1 aromatic heterocycles. The summed E-state index contributed by atoms with van der Waals surface area (Å²) < 4.78 is 13.2. The van der Waals surface area contributed by atoms with Crippen LogP contribution in [0.3, 0.4) is 0 Å². The molecule has 23 heavy (non-hydrogen) atoms. The van der Waals surface area contributed by atoms with Gasteiger partial charge in [-0.05, 0) is 30.7 Å². The Labute approximate surface area is 129 Å². The predicted molar refractivity (Wildman–Crippen MR) is 73.7 cm³/mol. The van der Waals surface area contributed by atoms with E-state index in [1.54, 1.807) is 0 Å². The smallest absolute Gasteiger partial charge is 0.354 e. The second-order valence-corrected chi connectivity index (χ2v) is 4.68. The zero-order valence-electron chi connectivity index (χ0n) is 11.8. The van der Waals surface area contributed by atoms with Crippen molar-refractivity contribution in [2.24, 2.45) is 0 Å². The minimum Gasteiger partial charge on any atom is -0.477 e. The van der Waals surface area contributed by atoms with E-state index in [1.165, 1.54) is 6.92 Å². The summed E-state index contributed by atoms with van der Waals surface area (Å²) >= 11 is 0. The van der Waals surface area contributed by atoms with Crippen molar-refractivity contribution < 1.29 is 29.3 Å². The fourth-order valence-corrected chi connectivity index (χ4v) is 1.75. The second-order valence-electron chi connectivity index (χ2n) is 4.68. The molecule has 0 aliphatic rings. The first-order chi connectivity index (χ1) is 10.7. The molecule has 0 bridgehead atoms. The standard InChI is InChI=1S/C14H12FN3O5/c1-7-4-8(2-3-9(7)15)14(22,23)18-12(19)10-5-11(13(20)21)17-6-16-10/h2-6,22-23H,1H3,(H,18,19)(H,20,21). The number of aromatic carboxylic acids is 1. The highest BCUT2D eigenvalue weighted by molar-refractivity contribution is 5.95. The molecule has 0 fully saturated rings. The quantitative estimate of drug-likeness (QED) is 0.589. The predicted octanol–water partition coefficient (Wildman–Crippen LogP) is 0.147. The Kier molecular flexibility index (Phi) is 4.34. The third-order valence-electron chi connectivity index (χ3n) is 2.97. The number of hydrogen-bond donors (Lipinski definition) is 4. The summed E-state index contributed by atoms with van der Waals surface area (Å²) in [4.78, 5) is 29.8. The van der Waals surface area contributed by atoms with Gasteiger partial charge in [-0.15, -0.1) is 0 Å². The molecular weight excluding hydrogens is 309 g/mol. The van der Waals surface area contributed by atoms with Crippen LogP contribution in [-0.2, 0) is 5.91 Å². The van der Waals surface area contributed by atoms with E-state index in [9.17, 15) is 24.2 Å². The van der Waals surface area contributed by atoms with Crippen LogP contribution in [0.1, 0.15) is 32.1 Å². The van der Waals surface area contributed by atoms with Crippen LogP contribution in [0.25, 0.3) is 0 Å². The van der Waals surface area contributed by atoms with Gasteiger partial charge in [-0.25, -0.2) is 19.2 Å². The van der Waals surface area contributed by atoms with Crippen molar-refractivity contribution in [1.29, 1.82) is 0 Å². The van der Waals surface area contributed by atoms with Crippen molar-refractivity contribution >= 4 is 11.9 Å². The Balaban J connectivity index is 2.25. The lowest BCUT2D eigenvalue weighted by molar-refractivity contribution is -0.185. The molecule has 2 rings (SSSR count). The van der Waals surface area contributed by atoms with Gasteiger partial charge in [-0.1, -0.05) is 0 Å². The lowest BCUT2D eigenvalue weighted by Gasteiger charge is -2.23. The molecule has 0 atom stereocenters. The van der Waals surface area contributed by atoms with Gasteiger partial charge in [0.05, 0.1) is 0 Å². The van der Waals surface area contributed by atoms with Crippen LogP contribution in [0.5, 0.6) is 0 Å². The normalized spacial score (nSPS) is 11.1. The third-order valence-corrected chi connectivity index (χ3v) is 2.97. The largest absolute Gasteiger partial charge is 0.477 e. The molecule has 4 N–H and O–H groups in total. The maximum atomic E-state index is 13.2. The van der Waals surface area contributed by atoms with Gasteiger partial charge in [-0.2, -0.15) is 0 Å². The molecule has 0 unspecified atom stereocenters. The van der Waals surface area contributed by atoms with Crippen molar-refractivity contribution in [2.45, 2.75) is 12.8 Å². The zero-order chi connectivity index (χ0) is 17.2. The highest BCUT2D eigenvalue weighted by Crippen LogP contribution is 2.18. The number of benzene rings is 1. The van der Waals surface area contributed by atoms with E-state index in [-0.39, 0.29) is 16.8 Å². The summed E-state index contributed by atoms with van der Waals surface area (Å²) in [5, 5.41) is 30.6. The highest BCUT2D eigenvalue weighted by Gasteiger charge is 2.30.